The van der Waals surface area contributed by atoms with Crippen LogP contribution in [0, 0.1) is 12.7 Å². The van der Waals surface area contributed by atoms with E-state index in [1.54, 1.807) is 16.8 Å². The third-order valence-electron chi connectivity index (χ3n) is 3.69. The molecular formula is C19H19FN4O. The Morgan fingerprint density at radius 3 is 2.64 bits per heavy atom. The van der Waals surface area contributed by atoms with Crippen molar-refractivity contribution in [1.82, 2.24) is 20.1 Å². The molecule has 0 saturated heterocycles. The Bertz CT molecular complexity index is 887. The summed E-state index contributed by atoms with van der Waals surface area (Å²) in [7, 11) is 0. The van der Waals surface area contributed by atoms with Crippen molar-refractivity contribution in [1.29, 1.82) is 0 Å². The summed E-state index contributed by atoms with van der Waals surface area (Å²) >= 11 is 0. The van der Waals surface area contributed by atoms with E-state index in [9.17, 15) is 9.18 Å². The molecule has 3 aromatic rings. The maximum atomic E-state index is 13.2. The number of amides is 1. The van der Waals surface area contributed by atoms with Crippen LogP contribution in [0.4, 0.5) is 4.39 Å². The number of halogens is 1. The largest absolute Gasteiger partial charge is 0.349 e. The molecule has 0 atom stereocenters. The van der Waals surface area contributed by atoms with E-state index in [2.05, 4.69) is 15.4 Å². The summed E-state index contributed by atoms with van der Waals surface area (Å²) in [5, 5.41) is 7.12. The predicted molar refractivity (Wildman–Crippen MR) is 94.1 cm³/mol. The van der Waals surface area contributed by atoms with E-state index in [0.717, 1.165) is 17.5 Å². The number of benzene rings is 2. The second-order valence-corrected chi connectivity index (χ2v) is 5.77. The molecule has 0 aliphatic heterocycles. The van der Waals surface area contributed by atoms with Gasteiger partial charge in [-0.1, -0.05) is 30.7 Å². The van der Waals surface area contributed by atoms with Crippen molar-refractivity contribution < 1.29 is 9.18 Å². The van der Waals surface area contributed by atoms with Crippen molar-refractivity contribution in [3.05, 3.63) is 65.7 Å². The molecule has 6 heteroatoms. The fraction of sp³-hybridized carbons (Fsp3) is 0.211. The molecule has 128 valence electrons. The molecule has 1 heterocycles. The first-order valence-electron chi connectivity index (χ1n) is 8.16. The van der Waals surface area contributed by atoms with Gasteiger partial charge in [0.2, 0.25) is 5.82 Å². The number of rotatable bonds is 5. The Morgan fingerprint density at radius 1 is 1.20 bits per heavy atom. The third-order valence-corrected chi connectivity index (χ3v) is 3.69. The number of nitrogens with one attached hydrogen (secondary N) is 1. The number of aryl methyl sites for hydroxylation is 1. The first-order valence-corrected chi connectivity index (χ1v) is 8.16. The van der Waals surface area contributed by atoms with Crippen molar-refractivity contribution >= 4 is 5.91 Å². The van der Waals surface area contributed by atoms with Gasteiger partial charge in [-0.3, -0.25) is 4.79 Å². The second kappa shape index (κ2) is 7.25. The van der Waals surface area contributed by atoms with Gasteiger partial charge in [-0.2, -0.15) is 0 Å². The molecule has 2 aromatic carbocycles. The quantitative estimate of drug-likeness (QED) is 0.774. The minimum Gasteiger partial charge on any atom is -0.349 e. The zero-order chi connectivity index (χ0) is 17.8. The monoisotopic (exact) mass is 338 g/mol. The summed E-state index contributed by atoms with van der Waals surface area (Å²) in [4.78, 5) is 16.7. The molecule has 1 aromatic heterocycles. The minimum absolute atomic E-state index is 0.0919. The highest BCUT2D eigenvalue weighted by Crippen LogP contribution is 2.22. The fourth-order valence-corrected chi connectivity index (χ4v) is 2.46. The standard InChI is InChI=1S/C19H19FN4O/c1-3-11-21-19(25)17-22-18(14-6-4-5-13(2)12-14)24(23-17)16-9-7-15(20)8-10-16/h4-10,12H,3,11H2,1-2H3,(H,21,25). The first-order chi connectivity index (χ1) is 12.1. The average Bonchev–Trinajstić information content (AvgIpc) is 3.06. The molecule has 5 nitrogen and oxygen atoms in total. The van der Waals surface area contributed by atoms with Crippen molar-refractivity contribution in [3.63, 3.8) is 0 Å². The van der Waals surface area contributed by atoms with Crippen LogP contribution in [0.15, 0.2) is 48.5 Å². The van der Waals surface area contributed by atoms with Crippen LogP contribution in [0.1, 0.15) is 29.5 Å². The lowest BCUT2D eigenvalue weighted by Gasteiger charge is -2.06. The summed E-state index contributed by atoms with van der Waals surface area (Å²) < 4.78 is 14.8. The molecule has 0 aliphatic rings. The summed E-state index contributed by atoms with van der Waals surface area (Å²) in [6.45, 7) is 4.52. The van der Waals surface area contributed by atoms with E-state index in [-0.39, 0.29) is 17.5 Å². The number of hydrogen-bond donors (Lipinski definition) is 1. The molecule has 0 spiro atoms. The van der Waals surface area contributed by atoms with Gasteiger partial charge in [-0.15, -0.1) is 5.10 Å². The molecule has 25 heavy (non-hydrogen) atoms. The van der Waals surface area contributed by atoms with Crippen LogP contribution >= 0.6 is 0 Å². The lowest BCUT2D eigenvalue weighted by molar-refractivity contribution is 0.0943. The molecule has 1 amide bonds. The van der Waals surface area contributed by atoms with E-state index in [1.807, 2.05) is 38.1 Å². The van der Waals surface area contributed by atoms with E-state index >= 15 is 0 Å². The summed E-state index contributed by atoms with van der Waals surface area (Å²) in [6.07, 6.45) is 0.829. The Morgan fingerprint density at radius 2 is 1.96 bits per heavy atom. The van der Waals surface area contributed by atoms with E-state index in [0.29, 0.717) is 18.1 Å². The van der Waals surface area contributed by atoms with Crippen molar-refractivity contribution in [2.24, 2.45) is 0 Å². The summed E-state index contributed by atoms with van der Waals surface area (Å²) in [5.74, 6) is -0.0234. The molecule has 0 fully saturated rings. The normalized spacial score (nSPS) is 10.7. The topological polar surface area (TPSA) is 59.8 Å². The van der Waals surface area contributed by atoms with Crippen LogP contribution in [0.2, 0.25) is 0 Å². The third kappa shape index (κ3) is 3.74. The lowest BCUT2D eigenvalue weighted by atomic mass is 10.1. The highest BCUT2D eigenvalue weighted by atomic mass is 19.1. The number of aromatic nitrogens is 3. The molecule has 0 aliphatic carbocycles. The number of carbonyl (C=O) groups excluding carboxylic acids is 1. The average molecular weight is 338 g/mol. The number of carbonyl (C=O) groups is 1. The first kappa shape index (κ1) is 16.8. The van der Waals surface area contributed by atoms with Gasteiger partial charge >= 0.3 is 0 Å². The van der Waals surface area contributed by atoms with E-state index in [1.165, 1.54) is 12.1 Å². The maximum Gasteiger partial charge on any atom is 0.290 e. The lowest BCUT2D eigenvalue weighted by Crippen LogP contribution is -2.25. The van der Waals surface area contributed by atoms with Gasteiger partial charge in [0.1, 0.15) is 5.82 Å². The highest BCUT2D eigenvalue weighted by molar-refractivity contribution is 5.91. The molecule has 1 N–H and O–H groups in total. The van der Waals surface area contributed by atoms with Crippen LogP contribution in [0.3, 0.4) is 0 Å². The Hall–Kier alpha value is -3.02. The molecular weight excluding hydrogens is 319 g/mol. The zero-order valence-electron chi connectivity index (χ0n) is 14.2. The molecule has 0 unspecified atom stereocenters. The van der Waals surface area contributed by atoms with Gasteiger partial charge in [0.15, 0.2) is 5.82 Å². The summed E-state index contributed by atoms with van der Waals surface area (Å²) in [6, 6.07) is 13.7. The number of hydrogen-bond acceptors (Lipinski definition) is 3. The Labute approximate surface area is 145 Å². The minimum atomic E-state index is -0.332. The van der Waals surface area contributed by atoms with Crippen molar-refractivity contribution in [3.8, 4) is 17.1 Å². The molecule has 3 rings (SSSR count). The van der Waals surface area contributed by atoms with Crippen LogP contribution in [-0.4, -0.2) is 27.2 Å². The van der Waals surface area contributed by atoms with Gasteiger partial charge in [0.25, 0.3) is 5.91 Å². The van der Waals surface area contributed by atoms with Crippen LogP contribution in [0.25, 0.3) is 17.1 Å². The van der Waals surface area contributed by atoms with Gasteiger partial charge in [0.05, 0.1) is 5.69 Å². The predicted octanol–water partition coefficient (Wildman–Crippen LogP) is 3.52. The van der Waals surface area contributed by atoms with E-state index < -0.39 is 0 Å². The highest BCUT2D eigenvalue weighted by Gasteiger charge is 2.18. The number of nitrogens with zero attached hydrogens (tertiary/aromatic N) is 3. The molecule has 0 bridgehead atoms. The summed E-state index contributed by atoms with van der Waals surface area (Å²) in [5.41, 5.74) is 2.55. The molecule has 0 radical (unpaired) electrons. The Balaban J connectivity index is 2.09. The zero-order valence-corrected chi connectivity index (χ0v) is 14.2. The maximum absolute atomic E-state index is 13.2. The molecule has 0 saturated carbocycles. The van der Waals surface area contributed by atoms with Crippen molar-refractivity contribution in [2.75, 3.05) is 6.54 Å². The van der Waals surface area contributed by atoms with Crippen LogP contribution < -0.4 is 5.32 Å². The smallest absolute Gasteiger partial charge is 0.290 e. The van der Waals surface area contributed by atoms with Gasteiger partial charge in [-0.25, -0.2) is 14.1 Å². The SMILES string of the molecule is CCCNC(=O)c1nc(-c2cccc(C)c2)n(-c2ccc(F)cc2)n1. The van der Waals surface area contributed by atoms with Crippen LogP contribution in [0.5, 0.6) is 0 Å². The van der Waals surface area contributed by atoms with Gasteiger partial charge < -0.3 is 5.32 Å². The second-order valence-electron chi connectivity index (χ2n) is 5.77. The van der Waals surface area contributed by atoms with Crippen molar-refractivity contribution in [2.45, 2.75) is 20.3 Å². The van der Waals surface area contributed by atoms with Gasteiger partial charge in [0, 0.05) is 12.1 Å². The fourth-order valence-electron chi connectivity index (χ4n) is 2.46. The van der Waals surface area contributed by atoms with Crippen LogP contribution in [-0.2, 0) is 0 Å². The Kier molecular flexibility index (Phi) is 4.88. The van der Waals surface area contributed by atoms with E-state index in [4.69, 9.17) is 0 Å². The van der Waals surface area contributed by atoms with Gasteiger partial charge in [-0.05, 0) is 43.7 Å².